The molecule has 2 amide bonds. The van der Waals surface area contributed by atoms with Gasteiger partial charge in [0.05, 0.1) is 0 Å². The van der Waals surface area contributed by atoms with Crippen molar-refractivity contribution in [2.75, 3.05) is 19.6 Å². The van der Waals surface area contributed by atoms with Gasteiger partial charge in [-0.2, -0.15) is 0 Å². The zero-order valence-corrected chi connectivity index (χ0v) is 14.4. The number of carbonyl (C=O) groups excluding carboxylic acids is 2. The zero-order valence-electron chi connectivity index (χ0n) is 13.6. The summed E-state index contributed by atoms with van der Waals surface area (Å²) in [4.78, 5) is 27.6. The largest absolute Gasteiger partial charge is 0.341 e. The summed E-state index contributed by atoms with van der Waals surface area (Å²) in [6, 6.07) is 7.39. The SMILES string of the molecule is CCCN(CCC)C(=O)CN(Cc1ccccc1Cl)C(C)=O. The Hall–Kier alpha value is -1.55. The van der Waals surface area contributed by atoms with Gasteiger partial charge in [-0.1, -0.05) is 43.6 Å². The van der Waals surface area contributed by atoms with Crippen molar-refractivity contribution in [1.29, 1.82) is 0 Å². The van der Waals surface area contributed by atoms with Crippen LogP contribution in [0.15, 0.2) is 24.3 Å². The van der Waals surface area contributed by atoms with Crippen LogP contribution in [0.1, 0.15) is 39.2 Å². The fourth-order valence-corrected chi connectivity index (χ4v) is 2.47. The third kappa shape index (κ3) is 5.68. The first-order valence-electron chi connectivity index (χ1n) is 7.76. The van der Waals surface area contributed by atoms with Crippen molar-refractivity contribution in [3.63, 3.8) is 0 Å². The molecule has 122 valence electrons. The molecule has 0 unspecified atom stereocenters. The fraction of sp³-hybridized carbons (Fsp3) is 0.529. The number of hydrogen-bond donors (Lipinski definition) is 0. The minimum absolute atomic E-state index is 0.00838. The number of rotatable bonds is 8. The van der Waals surface area contributed by atoms with Crippen LogP contribution in [0, 0.1) is 0 Å². The second kappa shape index (κ2) is 9.46. The number of nitrogens with zero attached hydrogens (tertiary/aromatic N) is 2. The van der Waals surface area contributed by atoms with E-state index >= 15 is 0 Å². The third-order valence-corrected chi connectivity index (χ3v) is 3.80. The monoisotopic (exact) mass is 324 g/mol. The Bertz CT molecular complexity index is 499. The van der Waals surface area contributed by atoms with Gasteiger partial charge in [0.15, 0.2) is 0 Å². The van der Waals surface area contributed by atoms with Crippen LogP contribution in [-0.4, -0.2) is 41.2 Å². The lowest BCUT2D eigenvalue weighted by Gasteiger charge is -2.27. The van der Waals surface area contributed by atoms with Crippen LogP contribution in [-0.2, 0) is 16.1 Å². The lowest BCUT2D eigenvalue weighted by molar-refractivity contribution is -0.140. The molecule has 1 aromatic carbocycles. The van der Waals surface area contributed by atoms with Crippen molar-refractivity contribution in [3.05, 3.63) is 34.9 Å². The first kappa shape index (κ1) is 18.5. The highest BCUT2D eigenvalue weighted by Crippen LogP contribution is 2.17. The first-order valence-corrected chi connectivity index (χ1v) is 8.14. The van der Waals surface area contributed by atoms with Crippen LogP contribution in [0.5, 0.6) is 0 Å². The molecular weight excluding hydrogens is 300 g/mol. The van der Waals surface area contributed by atoms with Crippen molar-refractivity contribution in [2.24, 2.45) is 0 Å². The highest BCUT2D eigenvalue weighted by Gasteiger charge is 2.19. The molecule has 0 saturated heterocycles. The highest BCUT2D eigenvalue weighted by molar-refractivity contribution is 6.31. The summed E-state index contributed by atoms with van der Waals surface area (Å²) >= 11 is 6.14. The van der Waals surface area contributed by atoms with Crippen molar-refractivity contribution in [1.82, 2.24) is 9.80 Å². The van der Waals surface area contributed by atoms with E-state index in [2.05, 4.69) is 0 Å². The summed E-state index contributed by atoms with van der Waals surface area (Å²) in [7, 11) is 0. The Morgan fingerprint density at radius 3 is 2.14 bits per heavy atom. The molecule has 0 fully saturated rings. The van der Waals surface area contributed by atoms with Crippen molar-refractivity contribution >= 4 is 23.4 Å². The summed E-state index contributed by atoms with van der Waals surface area (Å²) in [6.45, 7) is 7.47. The Labute approximate surface area is 138 Å². The summed E-state index contributed by atoms with van der Waals surface area (Å²) in [6.07, 6.45) is 1.83. The Kier molecular flexibility index (Phi) is 7.96. The molecule has 0 saturated carbocycles. The van der Waals surface area contributed by atoms with Gasteiger partial charge in [0.25, 0.3) is 0 Å². The molecule has 0 radical (unpaired) electrons. The van der Waals surface area contributed by atoms with E-state index in [1.807, 2.05) is 36.9 Å². The minimum atomic E-state index is -0.124. The number of amides is 2. The molecule has 0 heterocycles. The number of halogens is 1. The van der Waals surface area contributed by atoms with Crippen molar-refractivity contribution < 1.29 is 9.59 Å². The van der Waals surface area contributed by atoms with Crippen LogP contribution in [0.3, 0.4) is 0 Å². The maximum atomic E-state index is 12.4. The van der Waals surface area contributed by atoms with E-state index in [1.54, 1.807) is 11.0 Å². The fourth-order valence-electron chi connectivity index (χ4n) is 2.28. The van der Waals surface area contributed by atoms with Crippen LogP contribution >= 0.6 is 11.6 Å². The van der Waals surface area contributed by atoms with Gasteiger partial charge in [0.2, 0.25) is 11.8 Å². The predicted octanol–water partition coefficient (Wildman–Crippen LogP) is 3.34. The first-order chi connectivity index (χ1) is 10.5. The molecular formula is C17H25ClN2O2. The normalized spacial score (nSPS) is 10.4. The van der Waals surface area contributed by atoms with Crippen LogP contribution in [0.4, 0.5) is 0 Å². The molecule has 0 aromatic heterocycles. The molecule has 0 bridgehead atoms. The number of hydrogen-bond acceptors (Lipinski definition) is 2. The number of carbonyl (C=O) groups is 2. The Morgan fingerprint density at radius 1 is 1.05 bits per heavy atom. The molecule has 0 aliphatic heterocycles. The van der Waals surface area contributed by atoms with E-state index in [4.69, 9.17) is 11.6 Å². The minimum Gasteiger partial charge on any atom is -0.341 e. The van der Waals surface area contributed by atoms with E-state index in [1.165, 1.54) is 6.92 Å². The van der Waals surface area contributed by atoms with Gasteiger partial charge in [0, 0.05) is 31.6 Å². The van der Waals surface area contributed by atoms with Crippen LogP contribution in [0.2, 0.25) is 5.02 Å². The van der Waals surface area contributed by atoms with Gasteiger partial charge < -0.3 is 9.80 Å². The molecule has 0 aliphatic carbocycles. The Balaban J connectivity index is 2.77. The maximum absolute atomic E-state index is 12.4. The van der Waals surface area contributed by atoms with E-state index in [0.717, 1.165) is 31.5 Å². The smallest absolute Gasteiger partial charge is 0.242 e. The van der Waals surface area contributed by atoms with Gasteiger partial charge in [0.1, 0.15) is 6.54 Å². The van der Waals surface area contributed by atoms with Gasteiger partial charge >= 0.3 is 0 Å². The summed E-state index contributed by atoms with van der Waals surface area (Å²) in [5, 5.41) is 0.611. The second-order valence-electron chi connectivity index (χ2n) is 5.35. The van der Waals surface area contributed by atoms with E-state index < -0.39 is 0 Å². The molecule has 0 atom stereocenters. The number of benzene rings is 1. The molecule has 1 aromatic rings. The average molecular weight is 325 g/mol. The van der Waals surface area contributed by atoms with Crippen LogP contribution in [0.25, 0.3) is 0 Å². The second-order valence-corrected chi connectivity index (χ2v) is 5.75. The summed E-state index contributed by atoms with van der Waals surface area (Å²) in [5.74, 6) is -0.132. The highest BCUT2D eigenvalue weighted by atomic mass is 35.5. The zero-order chi connectivity index (χ0) is 16.5. The molecule has 0 aliphatic rings. The lowest BCUT2D eigenvalue weighted by atomic mass is 10.2. The van der Waals surface area contributed by atoms with E-state index in [-0.39, 0.29) is 18.4 Å². The van der Waals surface area contributed by atoms with Crippen LogP contribution < -0.4 is 0 Å². The average Bonchev–Trinajstić information content (AvgIpc) is 2.48. The van der Waals surface area contributed by atoms with Gasteiger partial charge in [-0.15, -0.1) is 0 Å². The lowest BCUT2D eigenvalue weighted by Crippen LogP contribution is -2.42. The van der Waals surface area contributed by atoms with Gasteiger partial charge in [-0.05, 0) is 24.5 Å². The summed E-state index contributed by atoms with van der Waals surface area (Å²) in [5.41, 5.74) is 0.852. The van der Waals surface area contributed by atoms with Gasteiger partial charge in [-0.3, -0.25) is 9.59 Å². The predicted molar refractivity (Wildman–Crippen MR) is 89.7 cm³/mol. The quantitative estimate of drug-likeness (QED) is 0.736. The molecule has 4 nitrogen and oxygen atoms in total. The molecule has 0 spiro atoms. The topological polar surface area (TPSA) is 40.6 Å². The molecule has 0 N–H and O–H groups in total. The van der Waals surface area contributed by atoms with E-state index in [9.17, 15) is 9.59 Å². The van der Waals surface area contributed by atoms with E-state index in [0.29, 0.717) is 11.6 Å². The maximum Gasteiger partial charge on any atom is 0.242 e. The summed E-state index contributed by atoms with van der Waals surface area (Å²) < 4.78 is 0. The van der Waals surface area contributed by atoms with Crippen molar-refractivity contribution in [3.8, 4) is 0 Å². The molecule has 1 rings (SSSR count). The molecule has 22 heavy (non-hydrogen) atoms. The van der Waals surface area contributed by atoms with Gasteiger partial charge in [-0.25, -0.2) is 0 Å². The standard InChI is InChI=1S/C17H25ClN2O2/c1-4-10-19(11-5-2)17(22)13-20(14(3)21)12-15-8-6-7-9-16(15)18/h6-9H,4-5,10-13H2,1-3H3. The Morgan fingerprint density at radius 2 is 1.64 bits per heavy atom. The molecule has 5 heteroatoms. The van der Waals surface area contributed by atoms with Crippen molar-refractivity contribution in [2.45, 2.75) is 40.2 Å². The third-order valence-electron chi connectivity index (χ3n) is 3.43.